The van der Waals surface area contributed by atoms with Gasteiger partial charge in [0, 0.05) is 26.7 Å². The van der Waals surface area contributed by atoms with Gasteiger partial charge in [-0.3, -0.25) is 9.48 Å². The maximum absolute atomic E-state index is 12.1. The van der Waals surface area contributed by atoms with Crippen LogP contribution in [0, 0.1) is 10.1 Å². The molecule has 1 amide bonds. The fraction of sp³-hybridized carbons (Fsp3) is 0.417. The summed E-state index contributed by atoms with van der Waals surface area (Å²) >= 11 is 5.70. The third kappa shape index (κ3) is 3.61. The number of carbonyl (C=O) groups excluding carboxylic acids is 1. The third-order valence-electron chi connectivity index (χ3n) is 3.17. The van der Waals surface area contributed by atoms with Crippen molar-refractivity contribution in [3.05, 3.63) is 39.3 Å². The molecule has 0 N–H and O–H groups in total. The molecule has 2 aromatic heterocycles. The van der Waals surface area contributed by atoms with Crippen LogP contribution < -0.4 is 0 Å². The van der Waals surface area contributed by atoms with E-state index in [0.717, 1.165) is 5.69 Å². The van der Waals surface area contributed by atoms with E-state index in [-0.39, 0.29) is 23.9 Å². The molecule has 0 aromatic carbocycles. The van der Waals surface area contributed by atoms with E-state index in [1.54, 1.807) is 29.9 Å². The molecular weight excluding hydrogens is 312 g/mol. The van der Waals surface area contributed by atoms with Crippen molar-refractivity contribution in [2.75, 3.05) is 7.05 Å². The molecule has 0 bridgehead atoms. The first kappa shape index (κ1) is 16.0. The summed E-state index contributed by atoms with van der Waals surface area (Å²) < 4.78 is 3.00. The highest BCUT2D eigenvalue weighted by atomic mass is 35.5. The van der Waals surface area contributed by atoms with Crippen LogP contribution in [-0.4, -0.2) is 42.3 Å². The zero-order chi connectivity index (χ0) is 16.3. The van der Waals surface area contributed by atoms with Crippen molar-refractivity contribution in [1.29, 1.82) is 0 Å². The molecule has 0 aliphatic carbocycles. The van der Waals surface area contributed by atoms with Crippen LogP contribution in [0.15, 0.2) is 18.5 Å². The van der Waals surface area contributed by atoms with Crippen LogP contribution in [0.4, 0.5) is 5.82 Å². The summed E-state index contributed by atoms with van der Waals surface area (Å²) in [5, 5.41) is 18.4. The number of rotatable bonds is 6. The summed E-state index contributed by atoms with van der Waals surface area (Å²) in [5.74, 6) is -0.507. The molecule has 2 aromatic rings. The quantitative estimate of drug-likeness (QED) is 0.587. The van der Waals surface area contributed by atoms with Crippen LogP contribution in [0.25, 0.3) is 0 Å². The SMILES string of the molecule is CN(Cc1ccnn1C)C(=O)CCn1cc(Cl)c([N+](=O)[O-])n1. The minimum Gasteiger partial charge on any atom is -0.358 e. The molecule has 0 aliphatic heterocycles. The first-order chi connectivity index (χ1) is 10.4. The molecule has 2 heterocycles. The van der Waals surface area contributed by atoms with Gasteiger partial charge in [-0.25, -0.2) is 0 Å². The summed E-state index contributed by atoms with van der Waals surface area (Å²) in [6.07, 6.45) is 3.18. The lowest BCUT2D eigenvalue weighted by Gasteiger charge is -2.16. The van der Waals surface area contributed by atoms with Crippen LogP contribution in [0.3, 0.4) is 0 Å². The van der Waals surface area contributed by atoms with Gasteiger partial charge in [-0.05, 0) is 11.0 Å². The highest BCUT2D eigenvalue weighted by Crippen LogP contribution is 2.21. The Kier molecular flexibility index (Phi) is 4.76. The van der Waals surface area contributed by atoms with E-state index in [1.807, 2.05) is 6.07 Å². The van der Waals surface area contributed by atoms with Gasteiger partial charge in [0.15, 0.2) is 5.02 Å². The molecular formula is C12H15ClN6O3. The standard InChI is InChI=1S/C12H15ClN6O3/c1-16(7-9-3-5-14-17(9)2)11(20)4-6-18-8-10(13)12(15-18)19(21)22/h3,5,8H,4,6-7H2,1-2H3. The predicted molar refractivity (Wildman–Crippen MR) is 78.2 cm³/mol. The van der Waals surface area contributed by atoms with E-state index in [4.69, 9.17) is 11.6 Å². The molecule has 10 heteroatoms. The summed E-state index contributed by atoms with van der Waals surface area (Å²) in [4.78, 5) is 23.6. The molecule has 0 atom stereocenters. The topological polar surface area (TPSA) is 99.1 Å². The Morgan fingerprint density at radius 3 is 2.82 bits per heavy atom. The number of carbonyl (C=O) groups is 1. The molecule has 0 saturated carbocycles. The van der Waals surface area contributed by atoms with E-state index in [9.17, 15) is 14.9 Å². The molecule has 0 fully saturated rings. The maximum atomic E-state index is 12.1. The first-order valence-electron chi connectivity index (χ1n) is 6.46. The van der Waals surface area contributed by atoms with Crippen LogP contribution in [-0.2, 0) is 24.9 Å². The monoisotopic (exact) mass is 326 g/mol. The van der Waals surface area contributed by atoms with E-state index in [1.165, 1.54) is 10.9 Å². The number of hydrogen-bond acceptors (Lipinski definition) is 5. The molecule has 9 nitrogen and oxygen atoms in total. The molecule has 0 saturated heterocycles. The van der Waals surface area contributed by atoms with Gasteiger partial charge in [-0.1, -0.05) is 11.6 Å². The highest BCUT2D eigenvalue weighted by Gasteiger charge is 2.20. The summed E-state index contributed by atoms with van der Waals surface area (Å²) in [7, 11) is 3.49. The number of amides is 1. The summed E-state index contributed by atoms with van der Waals surface area (Å²) in [5.41, 5.74) is 0.911. The van der Waals surface area contributed by atoms with Crippen molar-refractivity contribution in [3.63, 3.8) is 0 Å². The predicted octanol–water partition coefficient (Wildman–Crippen LogP) is 1.23. The molecule has 22 heavy (non-hydrogen) atoms. The van der Waals surface area contributed by atoms with Crippen LogP contribution in [0.5, 0.6) is 0 Å². The molecule has 118 valence electrons. The van der Waals surface area contributed by atoms with Gasteiger partial charge in [-0.15, -0.1) is 0 Å². The van der Waals surface area contributed by atoms with Gasteiger partial charge in [0.1, 0.15) is 0 Å². The average molecular weight is 327 g/mol. The van der Waals surface area contributed by atoms with Gasteiger partial charge in [0.2, 0.25) is 5.91 Å². The van der Waals surface area contributed by atoms with Crippen molar-refractivity contribution in [3.8, 4) is 0 Å². The number of aromatic nitrogens is 4. The van der Waals surface area contributed by atoms with Crippen LogP contribution >= 0.6 is 11.6 Å². The van der Waals surface area contributed by atoms with E-state index < -0.39 is 10.7 Å². The van der Waals surface area contributed by atoms with Crippen LogP contribution in [0.1, 0.15) is 12.1 Å². The second kappa shape index (κ2) is 6.56. The lowest BCUT2D eigenvalue weighted by atomic mass is 10.3. The van der Waals surface area contributed by atoms with Crippen molar-refractivity contribution in [1.82, 2.24) is 24.5 Å². The highest BCUT2D eigenvalue weighted by molar-refractivity contribution is 6.32. The van der Waals surface area contributed by atoms with Crippen molar-refractivity contribution >= 4 is 23.3 Å². The second-order valence-electron chi connectivity index (χ2n) is 4.77. The minimum absolute atomic E-state index is 0.0410. The lowest BCUT2D eigenvalue weighted by Crippen LogP contribution is -2.28. The maximum Gasteiger partial charge on any atom is 0.408 e. The molecule has 2 rings (SSSR count). The molecule has 0 unspecified atom stereocenters. The van der Waals surface area contributed by atoms with Crippen molar-refractivity contribution in [2.45, 2.75) is 19.5 Å². The largest absolute Gasteiger partial charge is 0.408 e. The Hall–Kier alpha value is -2.42. The number of hydrogen-bond donors (Lipinski definition) is 0. The lowest BCUT2D eigenvalue weighted by molar-refractivity contribution is -0.389. The first-order valence-corrected chi connectivity index (χ1v) is 6.84. The third-order valence-corrected chi connectivity index (χ3v) is 3.44. The van der Waals surface area contributed by atoms with E-state index in [2.05, 4.69) is 10.2 Å². The van der Waals surface area contributed by atoms with Gasteiger partial charge in [-0.2, -0.15) is 9.78 Å². The number of nitro groups is 1. The minimum atomic E-state index is -0.658. The van der Waals surface area contributed by atoms with Crippen molar-refractivity contribution in [2.24, 2.45) is 7.05 Å². The summed E-state index contributed by atoms with van der Waals surface area (Å²) in [6, 6.07) is 1.83. The fourth-order valence-electron chi connectivity index (χ4n) is 1.91. The number of aryl methyl sites for hydroxylation is 2. The Bertz CT molecular complexity index is 695. The normalized spacial score (nSPS) is 10.7. The van der Waals surface area contributed by atoms with Gasteiger partial charge in [0.05, 0.1) is 30.1 Å². The Balaban J connectivity index is 1.91. The Morgan fingerprint density at radius 2 is 2.27 bits per heavy atom. The average Bonchev–Trinajstić information content (AvgIpc) is 3.02. The molecule has 0 spiro atoms. The zero-order valence-corrected chi connectivity index (χ0v) is 12.9. The smallest absolute Gasteiger partial charge is 0.358 e. The summed E-state index contributed by atoms with van der Waals surface area (Å²) in [6.45, 7) is 0.664. The van der Waals surface area contributed by atoms with E-state index in [0.29, 0.717) is 6.54 Å². The Labute approximate surface area is 131 Å². The van der Waals surface area contributed by atoms with Crippen molar-refractivity contribution < 1.29 is 9.72 Å². The number of halogens is 1. The van der Waals surface area contributed by atoms with E-state index >= 15 is 0 Å². The van der Waals surface area contributed by atoms with Gasteiger partial charge in [0.25, 0.3) is 0 Å². The van der Waals surface area contributed by atoms with Crippen LogP contribution in [0.2, 0.25) is 5.02 Å². The fourth-order valence-corrected chi connectivity index (χ4v) is 2.13. The van der Waals surface area contributed by atoms with Gasteiger partial charge < -0.3 is 15.0 Å². The van der Waals surface area contributed by atoms with Gasteiger partial charge >= 0.3 is 5.82 Å². The molecule has 0 radical (unpaired) electrons. The molecule has 0 aliphatic rings. The Morgan fingerprint density at radius 1 is 1.55 bits per heavy atom. The number of nitrogens with zero attached hydrogens (tertiary/aromatic N) is 6. The zero-order valence-electron chi connectivity index (χ0n) is 12.1. The second-order valence-corrected chi connectivity index (χ2v) is 5.17.